The van der Waals surface area contributed by atoms with Crippen molar-refractivity contribution in [3.63, 3.8) is 0 Å². The zero-order valence-electron chi connectivity index (χ0n) is 21.9. The number of fused-ring (bicyclic) bond motifs is 9. The molecule has 6 aromatic carbocycles. The van der Waals surface area contributed by atoms with Crippen molar-refractivity contribution in [3.05, 3.63) is 133 Å². The fraction of sp³-hybridized carbons (Fsp3) is 0. The maximum Gasteiger partial charge on any atom is 0.135 e. The van der Waals surface area contributed by atoms with Crippen molar-refractivity contribution in [1.29, 1.82) is 5.26 Å². The lowest BCUT2D eigenvalue weighted by Crippen LogP contribution is -1.96. The van der Waals surface area contributed by atoms with Gasteiger partial charge in [0, 0.05) is 43.7 Å². The zero-order valence-corrected chi connectivity index (χ0v) is 21.9. The average molecular weight is 524 g/mol. The van der Waals surface area contributed by atoms with E-state index < -0.39 is 0 Å². The normalized spacial score (nSPS) is 11.9. The van der Waals surface area contributed by atoms with Gasteiger partial charge in [-0.3, -0.25) is 0 Å². The summed E-state index contributed by atoms with van der Waals surface area (Å²) in [5, 5.41) is 16.6. The number of benzene rings is 6. The van der Waals surface area contributed by atoms with Gasteiger partial charge in [0.2, 0.25) is 0 Å². The third-order valence-electron chi connectivity index (χ3n) is 8.34. The molecule has 9 rings (SSSR count). The standard InChI is InChI=1S/C37H21N3O/c38-22-23-13-16-28-26-7-1-4-10-32(26)40(35(28)19-23)24-14-17-34-30(20-24)27-8-2-5-11-33(27)39(34)25-15-18-37-31(21-25)29-9-3-6-12-36(29)41-37/h1-21H. The molecule has 0 amide bonds. The van der Waals surface area contributed by atoms with Gasteiger partial charge in [0.1, 0.15) is 11.2 Å². The van der Waals surface area contributed by atoms with Crippen LogP contribution in [-0.4, -0.2) is 9.13 Å². The first kappa shape index (κ1) is 22.1. The van der Waals surface area contributed by atoms with Crippen LogP contribution in [0.1, 0.15) is 5.56 Å². The number of nitrogens with zero attached hydrogens (tertiary/aromatic N) is 3. The molecule has 190 valence electrons. The molecule has 0 bridgehead atoms. The minimum Gasteiger partial charge on any atom is -0.456 e. The van der Waals surface area contributed by atoms with Gasteiger partial charge in [0.15, 0.2) is 0 Å². The van der Waals surface area contributed by atoms with E-state index in [1.54, 1.807) is 0 Å². The molecule has 4 nitrogen and oxygen atoms in total. The molecule has 0 N–H and O–H groups in total. The van der Waals surface area contributed by atoms with E-state index in [1.165, 1.54) is 16.2 Å². The van der Waals surface area contributed by atoms with Crippen LogP contribution < -0.4 is 0 Å². The van der Waals surface area contributed by atoms with Crippen molar-refractivity contribution >= 4 is 65.6 Å². The molecular formula is C37H21N3O. The molecule has 0 fully saturated rings. The van der Waals surface area contributed by atoms with Crippen molar-refractivity contribution in [2.24, 2.45) is 0 Å². The van der Waals surface area contributed by atoms with Gasteiger partial charge in [0.05, 0.1) is 33.7 Å². The first-order valence-electron chi connectivity index (χ1n) is 13.7. The Kier molecular flexibility index (Phi) is 4.37. The Labute approximate surface area is 234 Å². The number of hydrogen-bond acceptors (Lipinski definition) is 2. The number of rotatable bonds is 2. The summed E-state index contributed by atoms with van der Waals surface area (Å²) in [7, 11) is 0. The van der Waals surface area contributed by atoms with Crippen LogP contribution in [0.2, 0.25) is 0 Å². The van der Waals surface area contributed by atoms with E-state index in [9.17, 15) is 5.26 Å². The molecule has 3 heterocycles. The van der Waals surface area contributed by atoms with Crippen LogP contribution in [-0.2, 0) is 0 Å². The molecule has 3 aromatic heterocycles. The summed E-state index contributed by atoms with van der Waals surface area (Å²) in [6, 6.07) is 46.6. The molecule has 0 aliphatic rings. The average Bonchev–Trinajstić information content (AvgIpc) is 3.67. The number of furan rings is 1. The summed E-state index contributed by atoms with van der Waals surface area (Å²) >= 11 is 0. The summed E-state index contributed by atoms with van der Waals surface area (Å²) in [5.41, 5.74) is 9.06. The second-order valence-corrected chi connectivity index (χ2v) is 10.5. The van der Waals surface area contributed by atoms with Gasteiger partial charge in [-0.2, -0.15) is 5.26 Å². The van der Waals surface area contributed by atoms with Crippen LogP contribution in [0, 0.1) is 11.3 Å². The van der Waals surface area contributed by atoms with E-state index in [1.807, 2.05) is 24.3 Å². The van der Waals surface area contributed by atoms with Crippen LogP contribution in [0.15, 0.2) is 132 Å². The number of aromatic nitrogens is 2. The Morgan fingerprint density at radius 3 is 1.78 bits per heavy atom. The van der Waals surface area contributed by atoms with Gasteiger partial charge in [-0.05, 0) is 66.7 Å². The van der Waals surface area contributed by atoms with Gasteiger partial charge in [-0.25, -0.2) is 0 Å². The molecule has 0 aliphatic carbocycles. The molecule has 0 radical (unpaired) electrons. The molecule has 0 spiro atoms. The zero-order chi connectivity index (χ0) is 27.1. The third kappa shape index (κ3) is 3.03. The largest absolute Gasteiger partial charge is 0.456 e. The Balaban J connectivity index is 1.34. The van der Waals surface area contributed by atoms with Crippen LogP contribution in [0.3, 0.4) is 0 Å². The van der Waals surface area contributed by atoms with E-state index >= 15 is 0 Å². The third-order valence-corrected chi connectivity index (χ3v) is 8.34. The Bertz CT molecular complexity index is 2550. The minimum atomic E-state index is 0.654. The van der Waals surface area contributed by atoms with Gasteiger partial charge in [-0.15, -0.1) is 0 Å². The quantitative estimate of drug-likeness (QED) is 0.226. The summed E-state index contributed by atoms with van der Waals surface area (Å²) < 4.78 is 10.7. The van der Waals surface area contributed by atoms with Gasteiger partial charge in [-0.1, -0.05) is 60.7 Å². The Morgan fingerprint density at radius 1 is 0.439 bits per heavy atom. The number of para-hydroxylation sites is 3. The summed E-state index contributed by atoms with van der Waals surface area (Å²) in [6.07, 6.45) is 0. The molecule has 0 atom stereocenters. The lowest BCUT2D eigenvalue weighted by Gasteiger charge is -2.10. The van der Waals surface area contributed by atoms with Gasteiger partial charge < -0.3 is 13.6 Å². The van der Waals surface area contributed by atoms with Crippen molar-refractivity contribution in [1.82, 2.24) is 9.13 Å². The lowest BCUT2D eigenvalue weighted by molar-refractivity contribution is 0.669. The SMILES string of the molecule is N#Cc1ccc2c3ccccc3n(-c3ccc4c(c3)c3ccccc3n4-c3ccc4oc5ccccc5c4c3)c2c1. The van der Waals surface area contributed by atoms with E-state index in [0.29, 0.717) is 5.56 Å². The highest BCUT2D eigenvalue weighted by Crippen LogP contribution is 2.38. The van der Waals surface area contributed by atoms with Crippen LogP contribution in [0.25, 0.3) is 76.9 Å². The van der Waals surface area contributed by atoms with E-state index in [2.05, 4.69) is 118 Å². The second-order valence-electron chi connectivity index (χ2n) is 10.5. The smallest absolute Gasteiger partial charge is 0.135 e. The lowest BCUT2D eigenvalue weighted by atomic mass is 10.1. The summed E-state index contributed by atoms with van der Waals surface area (Å²) in [5.74, 6) is 0. The van der Waals surface area contributed by atoms with Crippen molar-refractivity contribution in [3.8, 4) is 17.4 Å². The maximum atomic E-state index is 9.65. The van der Waals surface area contributed by atoms with Gasteiger partial charge in [0.25, 0.3) is 0 Å². The minimum absolute atomic E-state index is 0.654. The van der Waals surface area contributed by atoms with E-state index in [-0.39, 0.29) is 0 Å². The maximum absolute atomic E-state index is 9.65. The highest BCUT2D eigenvalue weighted by atomic mass is 16.3. The fourth-order valence-electron chi connectivity index (χ4n) is 6.55. The number of nitriles is 1. The van der Waals surface area contributed by atoms with Crippen LogP contribution >= 0.6 is 0 Å². The molecule has 0 aliphatic heterocycles. The molecule has 4 heteroatoms. The van der Waals surface area contributed by atoms with Gasteiger partial charge >= 0.3 is 0 Å². The van der Waals surface area contributed by atoms with E-state index in [0.717, 1.165) is 60.8 Å². The predicted molar refractivity (Wildman–Crippen MR) is 167 cm³/mol. The topological polar surface area (TPSA) is 46.8 Å². The first-order chi connectivity index (χ1) is 20.3. The molecule has 0 saturated heterocycles. The molecule has 0 saturated carbocycles. The molecule has 41 heavy (non-hydrogen) atoms. The summed E-state index contributed by atoms with van der Waals surface area (Å²) in [4.78, 5) is 0. The monoisotopic (exact) mass is 523 g/mol. The highest BCUT2D eigenvalue weighted by Gasteiger charge is 2.17. The molecule has 9 aromatic rings. The van der Waals surface area contributed by atoms with Crippen molar-refractivity contribution in [2.45, 2.75) is 0 Å². The van der Waals surface area contributed by atoms with Crippen LogP contribution in [0.4, 0.5) is 0 Å². The van der Waals surface area contributed by atoms with Crippen molar-refractivity contribution in [2.75, 3.05) is 0 Å². The molecule has 0 unspecified atom stereocenters. The fourth-order valence-corrected chi connectivity index (χ4v) is 6.55. The number of hydrogen-bond donors (Lipinski definition) is 0. The van der Waals surface area contributed by atoms with Crippen LogP contribution in [0.5, 0.6) is 0 Å². The Hall–Kier alpha value is -5.79. The summed E-state index contributed by atoms with van der Waals surface area (Å²) in [6.45, 7) is 0. The van der Waals surface area contributed by atoms with Crippen molar-refractivity contribution < 1.29 is 4.42 Å². The molecular weight excluding hydrogens is 502 g/mol. The Morgan fingerprint density at radius 2 is 1.00 bits per heavy atom. The van der Waals surface area contributed by atoms with E-state index in [4.69, 9.17) is 4.42 Å². The highest BCUT2D eigenvalue weighted by molar-refractivity contribution is 6.13. The first-order valence-corrected chi connectivity index (χ1v) is 13.7. The second kappa shape index (κ2) is 8.11. The predicted octanol–water partition coefficient (Wildman–Crippen LogP) is 9.65.